The first-order valence-corrected chi connectivity index (χ1v) is 11.9. The lowest BCUT2D eigenvalue weighted by molar-refractivity contribution is 0.349. The summed E-state index contributed by atoms with van der Waals surface area (Å²) in [7, 11) is 0. The molecule has 1 aromatic carbocycles. The highest BCUT2D eigenvalue weighted by atomic mass is 32.1. The van der Waals surface area contributed by atoms with Crippen LogP contribution in [0.2, 0.25) is 0 Å². The molecule has 0 bridgehead atoms. The molecule has 168 valence electrons. The van der Waals surface area contributed by atoms with Crippen molar-refractivity contribution >= 4 is 24.2 Å². The van der Waals surface area contributed by atoms with Crippen molar-refractivity contribution in [3.63, 3.8) is 0 Å². The van der Waals surface area contributed by atoms with Crippen molar-refractivity contribution in [1.29, 1.82) is 5.26 Å². The van der Waals surface area contributed by atoms with E-state index in [2.05, 4.69) is 87.5 Å². The number of hydrazine groups is 1. The van der Waals surface area contributed by atoms with Crippen LogP contribution in [0.15, 0.2) is 59.8 Å². The van der Waals surface area contributed by atoms with Crippen molar-refractivity contribution in [3.8, 4) is 6.07 Å². The molecule has 0 radical (unpaired) electrons. The van der Waals surface area contributed by atoms with Crippen molar-refractivity contribution in [1.82, 2.24) is 15.8 Å². The number of rotatable bonds is 7. The summed E-state index contributed by atoms with van der Waals surface area (Å²) < 4.78 is 0. The Kier molecular flexibility index (Phi) is 11.7. The first kappa shape index (κ1) is 24.8. The van der Waals surface area contributed by atoms with Gasteiger partial charge in [-0.1, -0.05) is 44.0 Å². The summed E-state index contributed by atoms with van der Waals surface area (Å²) in [5.41, 5.74) is 8.39. The molecular weight excluding hydrogens is 404 g/mol. The highest BCUT2D eigenvalue weighted by molar-refractivity contribution is 7.79. The molecule has 2 fully saturated rings. The number of para-hydroxylation sites is 1. The Morgan fingerprint density at radius 2 is 1.84 bits per heavy atom. The Hall–Kier alpha value is -2.43. The first-order valence-electron chi connectivity index (χ1n) is 11.1. The van der Waals surface area contributed by atoms with E-state index >= 15 is 0 Å². The first-order chi connectivity index (χ1) is 15.2. The predicted octanol–water partition coefficient (Wildman–Crippen LogP) is 3.77. The van der Waals surface area contributed by atoms with Crippen LogP contribution in [-0.2, 0) is 0 Å². The summed E-state index contributed by atoms with van der Waals surface area (Å²) in [6.45, 7) is 8.47. The van der Waals surface area contributed by atoms with Crippen LogP contribution in [0.3, 0.4) is 0 Å². The van der Waals surface area contributed by atoms with Gasteiger partial charge in [0.2, 0.25) is 5.84 Å². The van der Waals surface area contributed by atoms with Crippen LogP contribution in [-0.4, -0.2) is 55.8 Å². The van der Waals surface area contributed by atoms with Crippen LogP contribution in [0.25, 0.3) is 0 Å². The largest absolute Gasteiger partial charge is 0.374 e. The van der Waals surface area contributed by atoms with Crippen LogP contribution in [0.4, 0.5) is 5.69 Å². The number of piperazine rings is 1. The summed E-state index contributed by atoms with van der Waals surface area (Å²) in [6.07, 6.45) is 11.9. The van der Waals surface area contributed by atoms with E-state index in [1.54, 1.807) is 6.26 Å². The highest BCUT2D eigenvalue weighted by Crippen LogP contribution is 2.17. The van der Waals surface area contributed by atoms with Gasteiger partial charge in [0.25, 0.3) is 0 Å². The van der Waals surface area contributed by atoms with Gasteiger partial charge in [0.05, 0.1) is 6.54 Å². The zero-order chi connectivity index (χ0) is 22.3. The second kappa shape index (κ2) is 14.6. The van der Waals surface area contributed by atoms with Crippen LogP contribution >= 0.6 is 12.6 Å². The Bertz CT molecular complexity index is 741. The van der Waals surface area contributed by atoms with Crippen LogP contribution in [0.5, 0.6) is 0 Å². The lowest BCUT2D eigenvalue weighted by Crippen LogP contribution is -2.44. The summed E-state index contributed by atoms with van der Waals surface area (Å²) in [5, 5.41) is 9.28. The minimum Gasteiger partial charge on any atom is -0.374 e. The third kappa shape index (κ3) is 9.07. The number of benzene rings is 1. The van der Waals surface area contributed by atoms with E-state index in [1.165, 1.54) is 24.9 Å². The number of amidine groups is 1. The Labute approximate surface area is 193 Å². The fourth-order valence-electron chi connectivity index (χ4n) is 3.73. The molecule has 1 aliphatic carbocycles. The topological polar surface area (TPSA) is 66.7 Å². The van der Waals surface area contributed by atoms with Crippen molar-refractivity contribution in [3.05, 3.63) is 54.8 Å². The van der Waals surface area contributed by atoms with Gasteiger partial charge in [-0.3, -0.25) is 10.4 Å². The number of hydrogen-bond donors (Lipinski definition) is 3. The molecule has 0 spiro atoms. The standard InChI is InChI=1S/C23H32N6.CH4S/c1-20(19-25-23(18-24)27-26-21-8-4-2-5-9-21)12-13-28-14-16-29(17-15-28)22-10-6-3-7-11-22;1-2/h3,6-7,10-13,21,26H,1-2,4-5,8-9,14-17,19H2,(H,25,27);2H,1H3/b13-12+;. The van der Waals surface area contributed by atoms with Gasteiger partial charge in [-0.05, 0) is 49.1 Å². The average molecular weight is 441 g/mol. The van der Waals surface area contributed by atoms with Gasteiger partial charge in [0.15, 0.2) is 0 Å². The van der Waals surface area contributed by atoms with E-state index in [4.69, 9.17) is 0 Å². The summed E-state index contributed by atoms with van der Waals surface area (Å²) >= 11 is 3.53. The molecule has 1 aliphatic heterocycles. The molecule has 1 saturated heterocycles. The van der Waals surface area contributed by atoms with E-state index in [0.29, 0.717) is 18.4 Å². The lowest BCUT2D eigenvalue weighted by Gasteiger charge is -2.35. The zero-order valence-electron chi connectivity index (χ0n) is 18.6. The molecule has 6 nitrogen and oxygen atoms in total. The fourth-order valence-corrected chi connectivity index (χ4v) is 3.73. The molecule has 0 atom stereocenters. The molecule has 0 amide bonds. The molecule has 1 saturated carbocycles. The number of anilines is 1. The van der Waals surface area contributed by atoms with Gasteiger partial charge in [-0.15, -0.1) is 0 Å². The van der Waals surface area contributed by atoms with Gasteiger partial charge in [0, 0.05) is 37.9 Å². The molecule has 0 unspecified atom stereocenters. The Morgan fingerprint density at radius 3 is 2.48 bits per heavy atom. The van der Waals surface area contributed by atoms with Gasteiger partial charge in [-0.25, -0.2) is 5.43 Å². The molecular formula is C24H36N6S. The van der Waals surface area contributed by atoms with Crippen molar-refractivity contribution in [2.24, 2.45) is 4.99 Å². The molecule has 0 aromatic heterocycles. The van der Waals surface area contributed by atoms with Gasteiger partial charge in [-0.2, -0.15) is 17.9 Å². The van der Waals surface area contributed by atoms with E-state index in [-0.39, 0.29) is 0 Å². The number of thiol groups is 1. The van der Waals surface area contributed by atoms with Crippen molar-refractivity contribution in [2.75, 3.05) is 43.9 Å². The number of nitrogens with one attached hydrogen (secondary N) is 2. The molecule has 7 heteroatoms. The van der Waals surface area contributed by atoms with Crippen LogP contribution in [0.1, 0.15) is 32.1 Å². The number of aliphatic imine (C=N–C) groups is 1. The fraction of sp³-hybridized carbons (Fsp3) is 0.500. The molecule has 2 aliphatic rings. The van der Waals surface area contributed by atoms with Crippen molar-refractivity contribution in [2.45, 2.75) is 38.1 Å². The maximum absolute atomic E-state index is 9.28. The van der Waals surface area contributed by atoms with E-state index < -0.39 is 0 Å². The average Bonchev–Trinajstić information content (AvgIpc) is 2.85. The molecule has 1 aromatic rings. The second-order valence-corrected chi connectivity index (χ2v) is 7.71. The minimum atomic E-state index is 0.321. The molecule has 2 N–H and O–H groups in total. The maximum Gasteiger partial charge on any atom is 0.216 e. The monoisotopic (exact) mass is 440 g/mol. The van der Waals surface area contributed by atoms with Gasteiger partial charge < -0.3 is 9.80 Å². The second-order valence-electron chi connectivity index (χ2n) is 7.71. The van der Waals surface area contributed by atoms with E-state index in [9.17, 15) is 5.26 Å². The number of nitriles is 1. The van der Waals surface area contributed by atoms with Crippen LogP contribution < -0.4 is 15.8 Å². The Morgan fingerprint density at radius 1 is 1.16 bits per heavy atom. The third-order valence-electron chi connectivity index (χ3n) is 5.50. The SMILES string of the molecule is C=C(/C=C/N1CCN(c2ccccc2)CC1)CN=C(C#N)NNC1CCCCC1.CS. The van der Waals surface area contributed by atoms with Gasteiger partial charge in [0.1, 0.15) is 6.07 Å². The summed E-state index contributed by atoms with van der Waals surface area (Å²) in [5.74, 6) is 0.321. The quantitative estimate of drug-likeness (QED) is 0.198. The molecule has 1 heterocycles. The van der Waals surface area contributed by atoms with Crippen molar-refractivity contribution < 1.29 is 0 Å². The lowest BCUT2D eigenvalue weighted by atomic mass is 9.96. The number of hydrogen-bond acceptors (Lipinski definition) is 6. The maximum atomic E-state index is 9.28. The highest BCUT2D eigenvalue weighted by Gasteiger charge is 2.14. The summed E-state index contributed by atoms with van der Waals surface area (Å²) in [4.78, 5) is 9.06. The molecule has 31 heavy (non-hydrogen) atoms. The normalized spacial score (nSPS) is 17.6. The third-order valence-corrected chi connectivity index (χ3v) is 5.50. The number of nitrogens with zero attached hydrogens (tertiary/aromatic N) is 4. The minimum absolute atomic E-state index is 0.321. The van der Waals surface area contributed by atoms with Gasteiger partial charge >= 0.3 is 0 Å². The van der Waals surface area contributed by atoms with E-state index in [1.807, 2.05) is 6.08 Å². The van der Waals surface area contributed by atoms with Crippen LogP contribution in [0, 0.1) is 11.3 Å². The van der Waals surface area contributed by atoms with E-state index in [0.717, 1.165) is 44.6 Å². The Balaban J connectivity index is 0.00000166. The predicted molar refractivity (Wildman–Crippen MR) is 134 cm³/mol. The smallest absolute Gasteiger partial charge is 0.216 e. The summed E-state index contributed by atoms with van der Waals surface area (Å²) in [6, 6.07) is 13.1. The zero-order valence-corrected chi connectivity index (χ0v) is 19.5. The molecule has 3 rings (SSSR count).